The fourth-order valence-electron chi connectivity index (χ4n) is 3.76. The van der Waals surface area contributed by atoms with Crippen molar-refractivity contribution in [2.45, 2.75) is 83.2 Å². The summed E-state index contributed by atoms with van der Waals surface area (Å²) < 4.78 is 12.4. The second kappa shape index (κ2) is 7.75. The van der Waals surface area contributed by atoms with Gasteiger partial charge < -0.3 is 14.6 Å². The Kier molecular flexibility index (Phi) is 6.27. The fraction of sp³-hybridized carbons (Fsp3) is 0.889. The number of hydrogen-bond acceptors (Lipinski definition) is 3. The van der Waals surface area contributed by atoms with Gasteiger partial charge in [0.15, 0.2) is 5.79 Å². The predicted octanol–water partition coefficient (Wildman–Crippen LogP) is 4.05. The zero-order chi connectivity index (χ0) is 15.3. The molecule has 4 atom stereocenters. The van der Waals surface area contributed by atoms with E-state index in [1.54, 1.807) is 0 Å². The molecular weight excluding hydrogens is 264 g/mol. The lowest BCUT2D eigenvalue weighted by atomic mass is 9.83. The van der Waals surface area contributed by atoms with Crippen molar-refractivity contribution < 1.29 is 14.6 Å². The quantitative estimate of drug-likeness (QED) is 0.720. The third-order valence-electron chi connectivity index (χ3n) is 5.26. The van der Waals surface area contributed by atoms with E-state index in [4.69, 9.17) is 9.47 Å². The molecule has 1 aliphatic carbocycles. The molecule has 0 aromatic heterocycles. The molecule has 1 heterocycles. The zero-order valence-electron chi connectivity index (χ0n) is 13.7. The molecule has 1 spiro atoms. The minimum absolute atomic E-state index is 0.0480. The van der Waals surface area contributed by atoms with Crippen LogP contribution in [0.15, 0.2) is 12.7 Å². The van der Waals surface area contributed by atoms with Gasteiger partial charge in [-0.3, -0.25) is 0 Å². The Labute approximate surface area is 129 Å². The highest BCUT2D eigenvalue weighted by Gasteiger charge is 2.45. The van der Waals surface area contributed by atoms with Gasteiger partial charge >= 0.3 is 0 Å². The Morgan fingerprint density at radius 2 is 2.05 bits per heavy atom. The zero-order valence-corrected chi connectivity index (χ0v) is 13.7. The Bertz CT molecular complexity index is 322. The topological polar surface area (TPSA) is 38.7 Å². The van der Waals surface area contributed by atoms with Crippen LogP contribution < -0.4 is 0 Å². The first-order valence-corrected chi connectivity index (χ1v) is 8.74. The maximum atomic E-state index is 10.4. The van der Waals surface area contributed by atoms with E-state index in [9.17, 15) is 5.11 Å². The lowest BCUT2D eigenvalue weighted by Crippen LogP contribution is -2.37. The normalized spacial score (nSPS) is 29.2. The van der Waals surface area contributed by atoms with E-state index < -0.39 is 0 Å². The van der Waals surface area contributed by atoms with E-state index in [0.717, 1.165) is 32.1 Å². The first-order chi connectivity index (χ1) is 10.1. The van der Waals surface area contributed by atoms with Crippen LogP contribution in [0.5, 0.6) is 0 Å². The molecule has 2 aliphatic rings. The second-order valence-electron chi connectivity index (χ2n) is 6.82. The van der Waals surface area contributed by atoms with Crippen molar-refractivity contribution in [3.8, 4) is 0 Å². The molecule has 0 unspecified atom stereocenters. The molecule has 1 saturated carbocycles. The van der Waals surface area contributed by atoms with Gasteiger partial charge in [0, 0.05) is 18.8 Å². The summed E-state index contributed by atoms with van der Waals surface area (Å²) >= 11 is 0. The van der Waals surface area contributed by atoms with Crippen molar-refractivity contribution in [1.82, 2.24) is 0 Å². The van der Waals surface area contributed by atoms with Crippen LogP contribution in [0, 0.1) is 11.8 Å². The lowest BCUT2D eigenvalue weighted by molar-refractivity contribution is -0.192. The average molecular weight is 296 g/mol. The highest BCUT2D eigenvalue weighted by Crippen LogP contribution is 2.41. The van der Waals surface area contributed by atoms with E-state index in [1.807, 2.05) is 6.08 Å². The largest absolute Gasteiger partial charge is 0.393 e. The molecule has 21 heavy (non-hydrogen) atoms. The summed E-state index contributed by atoms with van der Waals surface area (Å²) in [4.78, 5) is 0. The lowest BCUT2D eigenvalue weighted by Gasteiger charge is -2.34. The van der Waals surface area contributed by atoms with Gasteiger partial charge in [0.25, 0.3) is 0 Å². The minimum atomic E-state index is -0.335. The molecule has 1 saturated heterocycles. The molecule has 0 aromatic carbocycles. The molecule has 0 aromatic rings. The summed E-state index contributed by atoms with van der Waals surface area (Å²) in [6.07, 6.45) is 10.5. The van der Waals surface area contributed by atoms with Gasteiger partial charge in [-0.1, -0.05) is 39.2 Å². The number of aliphatic hydroxyl groups is 1. The third-order valence-corrected chi connectivity index (χ3v) is 5.26. The maximum Gasteiger partial charge on any atom is 0.168 e. The van der Waals surface area contributed by atoms with Gasteiger partial charge in [0.1, 0.15) is 0 Å². The summed E-state index contributed by atoms with van der Waals surface area (Å²) in [6.45, 7) is 8.89. The summed E-state index contributed by atoms with van der Waals surface area (Å²) in [7, 11) is 0. The maximum absolute atomic E-state index is 10.4. The number of rotatable bonds is 7. The number of ether oxygens (including phenoxy) is 2. The Balaban J connectivity index is 1.93. The summed E-state index contributed by atoms with van der Waals surface area (Å²) in [5.41, 5.74) is 0. The van der Waals surface area contributed by atoms with Crippen LogP contribution >= 0.6 is 0 Å². The van der Waals surface area contributed by atoms with Gasteiger partial charge in [-0.25, -0.2) is 0 Å². The van der Waals surface area contributed by atoms with Gasteiger partial charge in [0.05, 0.1) is 18.8 Å². The molecule has 0 bridgehead atoms. The van der Waals surface area contributed by atoms with Crippen molar-refractivity contribution in [2.24, 2.45) is 11.8 Å². The standard InChI is InChI=1S/C18H32O3/c1-4-6-10-16(19)14(3)15(5-2)17-13-20-18(21-17)11-8-7-9-12-18/h5,14-17,19H,2,4,6-13H2,1,3H3/t14-,15+,16-,17-/m1/s1. The van der Waals surface area contributed by atoms with Crippen LogP contribution in [-0.2, 0) is 9.47 Å². The second-order valence-corrected chi connectivity index (χ2v) is 6.82. The Morgan fingerprint density at radius 3 is 2.67 bits per heavy atom. The fourth-order valence-corrected chi connectivity index (χ4v) is 3.76. The van der Waals surface area contributed by atoms with Crippen molar-refractivity contribution in [2.75, 3.05) is 6.61 Å². The van der Waals surface area contributed by atoms with E-state index in [2.05, 4.69) is 20.4 Å². The number of aliphatic hydroxyl groups excluding tert-OH is 1. The van der Waals surface area contributed by atoms with Crippen molar-refractivity contribution >= 4 is 0 Å². The van der Waals surface area contributed by atoms with Crippen LogP contribution in [0.25, 0.3) is 0 Å². The molecule has 2 rings (SSSR count). The van der Waals surface area contributed by atoms with Gasteiger partial charge in [-0.05, 0) is 25.2 Å². The van der Waals surface area contributed by atoms with Crippen LogP contribution in [0.1, 0.15) is 65.2 Å². The van der Waals surface area contributed by atoms with Gasteiger partial charge in [0.2, 0.25) is 0 Å². The van der Waals surface area contributed by atoms with E-state index in [1.165, 1.54) is 19.3 Å². The van der Waals surface area contributed by atoms with Crippen molar-refractivity contribution in [3.05, 3.63) is 12.7 Å². The molecular formula is C18H32O3. The van der Waals surface area contributed by atoms with Crippen LogP contribution in [0.2, 0.25) is 0 Å². The molecule has 2 fully saturated rings. The van der Waals surface area contributed by atoms with E-state index >= 15 is 0 Å². The molecule has 0 amide bonds. The van der Waals surface area contributed by atoms with Crippen LogP contribution in [0.3, 0.4) is 0 Å². The molecule has 0 radical (unpaired) electrons. The highest BCUT2D eigenvalue weighted by molar-refractivity contribution is 4.95. The van der Waals surface area contributed by atoms with E-state index in [0.29, 0.717) is 6.61 Å². The molecule has 1 N–H and O–H groups in total. The molecule has 3 nitrogen and oxygen atoms in total. The van der Waals surface area contributed by atoms with Crippen molar-refractivity contribution in [3.63, 3.8) is 0 Å². The Morgan fingerprint density at radius 1 is 1.33 bits per heavy atom. The highest BCUT2D eigenvalue weighted by atomic mass is 16.7. The number of hydrogen-bond donors (Lipinski definition) is 1. The van der Waals surface area contributed by atoms with Crippen LogP contribution in [0.4, 0.5) is 0 Å². The summed E-state index contributed by atoms with van der Waals surface area (Å²) in [5.74, 6) is -0.00214. The van der Waals surface area contributed by atoms with Crippen LogP contribution in [-0.4, -0.2) is 29.7 Å². The Hall–Kier alpha value is -0.380. The molecule has 3 heteroatoms. The molecule has 122 valence electrons. The predicted molar refractivity (Wildman–Crippen MR) is 85.0 cm³/mol. The van der Waals surface area contributed by atoms with Gasteiger partial charge in [-0.2, -0.15) is 0 Å². The minimum Gasteiger partial charge on any atom is -0.393 e. The summed E-state index contributed by atoms with van der Waals surface area (Å²) in [5, 5.41) is 10.4. The average Bonchev–Trinajstić information content (AvgIpc) is 2.89. The smallest absolute Gasteiger partial charge is 0.168 e. The third kappa shape index (κ3) is 4.08. The molecule has 1 aliphatic heterocycles. The van der Waals surface area contributed by atoms with E-state index in [-0.39, 0.29) is 29.8 Å². The summed E-state index contributed by atoms with van der Waals surface area (Å²) in [6, 6.07) is 0. The monoisotopic (exact) mass is 296 g/mol. The SMILES string of the molecule is C=C[C@@H]([C@@H](C)[C@H](O)CCCC)[C@H]1COC2(CCCCC2)O1. The number of unbranched alkanes of at least 4 members (excludes halogenated alkanes) is 1. The van der Waals surface area contributed by atoms with Crippen molar-refractivity contribution in [1.29, 1.82) is 0 Å². The van der Waals surface area contributed by atoms with Gasteiger partial charge in [-0.15, -0.1) is 6.58 Å². The first-order valence-electron chi connectivity index (χ1n) is 8.74. The first kappa shape index (κ1) is 17.0.